The van der Waals surface area contributed by atoms with E-state index in [0.29, 0.717) is 22.5 Å². The van der Waals surface area contributed by atoms with E-state index in [-0.39, 0.29) is 29.8 Å². The molecule has 1 aromatic heterocycles. The van der Waals surface area contributed by atoms with Gasteiger partial charge in [-0.2, -0.15) is 9.40 Å². The second kappa shape index (κ2) is 7.84. The van der Waals surface area contributed by atoms with Crippen LogP contribution in [0.4, 0.5) is 5.69 Å². The molecule has 0 aliphatic carbocycles. The van der Waals surface area contributed by atoms with Crippen LogP contribution in [0.5, 0.6) is 0 Å². The summed E-state index contributed by atoms with van der Waals surface area (Å²) in [6, 6.07) is 3.23. The normalized spacial score (nSPS) is 16.8. The molecule has 1 atom stereocenters. The third-order valence-electron chi connectivity index (χ3n) is 5.19. The molecule has 30 heavy (non-hydrogen) atoms. The first kappa shape index (κ1) is 22.0. The smallest absolute Gasteiger partial charge is 0.243 e. The molecule has 2 heterocycles. The highest BCUT2D eigenvalue weighted by Gasteiger charge is 2.39. The summed E-state index contributed by atoms with van der Waals surface area (Å²) < 4.78 is 30.0. The van der Waals surface area contributed by atoms with Crippen LogP contribution in [-0.4, -0.2) is 59.9 Å². The number of amides is 2. The Morgan fingerprint density at radius 1 is 1.20 bits per heavy atom. The van der Waals surface area contributed by atoms with Crippen molar-refractivity contribution in [1.29, 1.82) is 0 Å². The molecule has 0 spiro atoms. The van der Waals surface area contributed by atoms with Gasteiger partial charge in [0.2, 0.25) is 21.8 Å². The van der Waals surface area contributed by atoms with Crippen molar-refractivity contribution in [2.45, 2.75) is 38.1 Å². The Kier molecular flexibility index (Phi) is 5.74. The average molecular weight is 434 g/mol. The highest BCUT2D eigenvalue weighted by atomic mass is 32.2. The maximum absolute atomic E-state index is 13.5. The monoisotopic (exact) mass is 433 g/mol. The molecule has 0 radical (unpaired) electrons. The number of hydrogen-bond donors (Lipinski definition) is 1. The lowest BCUT2D eigenvalue weighted by molar-refractivity contribution is -0.130. The van der Waals surface area contributed by atoms with Crippen molar-refractivity contribution in [3.63, 3.8) is 0 Å². The lowest BCUT2D eigenvalue weighted by atomic mass is 9.97. The second-order valence-corrected chi connectivity index (χ2v) is 9.82. The summed E-state index contributed by atoms with van der Waals surface area (Å²) in [4.78, 5) is 25.8. The number of hydrogen-bond acceptors (Lipinski definition) is 5. The van der Waals surface area contributed by atoms with Crippen molar-refractivity contribution < 1.29 is 18.0 Å². The van der Waals surface area contributed by atoms with Crippen LogP contribution in [0, 0.1) is 13.8 Å². The first-order valence-electron chi connectivity index (χ1n) is 9.54. The van der Waals surface area contributed by atoms with Crippen LogP contribution in [0.1, 0.15) is 35.2 Å². The lowest BCUT2D eigenvalue weighted by Gasteiger charge is -2.32. The maximum Gasteiger partial charge on any atom is 0.243 e. The summed E-state index contributed by atoms with van der Waals surface area (Å²) in [6.07, 6.45) is 1.75. The van der Waals surface area contributed by atoms with Crippen molar-refractivity contribution >= 4 is 27.5 Å². The molecule has 0 saturated carbocycles. The number of nitrogens with one attached hydrogen (secondary N) is 1. The standard InChI is InChI=1S/C20H27N5O4S/c1-12-8-18(13(2)7-17(12)21-14(3)26)30(28,29)25-10-15-9-24(6)22-19(15)16(11-25)20(27)23(4)5/h7-9,16H,10-11H2,1-6H3,(H,21,26)/t16-/m1/s1. The zero-order valence-electron chi connectivity index (χ0n) is 18.1. The molecule has 0 bridgehead atoms. The summed E-state index contributed by atoms with van der Waals surface area (Å²) in [5, 5.41) is 7.12. The molecule has 10 heteroatoms. The van der Waals surface area contributed by atoms with Gasteiger partial charge >= 0.3 is 0 Å². The number of benzene rings is 1. The molecule has 3 rings (SSSR count). The summed E-state index contributed by atoms with van der Waals surface area (Å²) >= 11 is 0. The molecule has 0 unspecified atom stereocenters. The molecule has 1 N–H and O–H groups in total. The van der Waals surface area contributed by atoms with Crippen molar-refractivity contribution in [3.8, 4) is 0 Å². The van der Waals surface area contributed by atoms with E-state index in [2.05, 4.69) is 10.4 Å². The van der Waals surface area contributed by atoms with Crippen LogP contribution in [0.2, 0.25) is 0 Å². The summed E-state index contributed by atoms with van der Waals surface area (Å²) in [5.74, 6) is -1.08. The third kappa shape index (κ3) is 3.97. The Balaban J connectivity index is 2.03. The van der Waals surface area contributed by atoms with Gasteiger partial charge in [0.05, 0.1) is 16.5 Å². The van der Waals surface area contributed by atoms with Gasteiger partial charge in [-0.3, -0.25) is 14.3 Å². The topological polar surface area (TPSA) is 105 Å². The highest BCUT2D eigenvalue weighted by molar-refractivity contribution is 7.89. The number of nitrogens with zero attached hydrogens (tertiary/aromatic N) is 4. The van der Waals surface area contributed by atoms with Crippen molar-refractivity contribution in [1.82, 2.24) is 19.0 Å². The Bertz CT molecular complexity index is 1120. The number of aryl methyl sites for hydroxylation is 3. The molecule has 0 fully saturated rings. The number of carbonyl (C=O) groups excluding carboxylic acids is 2. The fourth-order valence-corrected chi connectivity index (χ4v) is 5.46. The zero-order valence-corrected chi connectivity index (χ0v) is 18.9. The molecule has 1 aliphatic rings. The van der Waals surface area contributed by atoms with Gasteiger partial charge in [0, 0.05) is 58.6 Å². The first-order valence-corrected chi connectivity index (χ1v) is 11.0. The predicted octanol–water partition coefficient (Wildman–Crippen LogP) is 1.37. The summed E-state index contributed by atoms with van der Waals surface area (Å²) in [5.41, 5.74) is 3.09. The summed E-state index contributed by atoms with van der Waals surface area (Å²) in [6.45, 7) is 5.02. The van der Waals surface area contributed by atoms with E-state index in [1.54, 1.807) is 58.0 Å². The van der Waals surface area contributed by atoms with Crippen LogP contribution < -0.4 is 5.32 Å². The lowest BCUT2D eigenvalue weighted by Crippen LogP contribution is -2.43. The van der Waals surface area contributed by atoms with Crippen LogP contribution in [0.25, 0.3) is 0 Å². The second-order valence-electron chi connectivity index (χ2n) is 7.91. The number of rotatable bonds is 4. The van der Waals surface area contributed by atoms with Crippen molar-refractivity contribution in [2.24, 2.45) is 7.05 Å². The van der Waals surface area contributed by atoms with E-state index < -0.39 is 15.9 Å². The van der Waals surface area contributed by atoms with E-state index in [1.165, 1.54) is 16.1 Å². The van der Waals surface area contributed by atoms with Gasteiger partial charge in [0.15, 0.2) is 0 Å². The number of anilines is 1. The first-order chi connectivity index (χ1) is 13.9. The number of likely N-dealkylation sites (N-methyl/N-ethyl adjacent to an activating group) is 1. The minimum Gasteiger partial charge on any atom is -0.348 e. The molecule has 1 aliphatic heterocycles. The Morgan fingerprint density at radius 2 is 1.87 bits per heavy atom. The van der Waals surface area contributed by atoms with Crippen molar-refractivity contribution in [3.05, 3.63) is 40.7 Å². The largest absolute Gasteiger partial charge is 0.348 e. The van der Waals surface area contributed by atoms with Crippen molar-refractivity contribution in [2.75, 3.05) is 26.0 Å². The SMILES string of the molecule is CC(=O)Nc1cc(C)c(S(=O)(=O)N2Cc3cn(C)nc3[C@H](C(=O)N(C)C)C2)cc1C. The fourth-order valence-electron chi connectivity index (χ4n) is 3.74. The molecule has 2 amide bonds. The molecule has 0 saturated heterocycles. The van der Waals surface area contributed by atoms with Gasteiger partial charge in [-0.25, -0.2) is 8.42 Å². The number of carbonyl (C=O) groups is 2. The third-order valence-corrected chi connectivity index (χ3v) is 7.14. The minimum absolute atomic E-state index is 0.0231. The van der Waals surface area contributed by atoms with Crippen LogP contribution >= 0.6 is 0 Å². The van der Waals surface area contributed by atoms with E-state index in [9.17, 15) is 18.0 Å². The van der Waals surface area contributed by atoms with Gasteiger partial charge in [0.25, 0.3) is 0 Å². The zero-order chi connectivity index (χ0) is 22.4. The van der Waals surface area contributed by atoms with Gasteiger partial charge < -0.3 is 10.2 Å². The number of sulfonamides is 1. The van der Waals surface area contributed by atoms with Crippen LogP contribution in [0.3, 0.4) is 0 Å². The minimum atomic E-state index is -3.87. The molecule has 162 valence electrons. The Hall–Kier alpha value is -2.72. The molecular weight excluding hydrogens is 406 g/mol. The van der Waals surface area contributed by atoms with Crippen LogP contribution in [0.15, 0.2) is 23.2 Å². The van der Waals surface area contributed by atoms with Gasteiger partial charge in [-0.1, -0.05) is 0 Å². The number of fused-ring (bicyclic) bond motifs is 1. The molecule has 1 aromatic carbocycles. The molecule has 9 nitrogen and oxygen atoms in total. The Labute approximate surface area is 176 Å². The fraction of sp³-hybridized carbons (Fsp3) is 0.450. The van der Waals surface area contributed by atoms with E-state index >= 15 is 0 Å². The van der Waals surface area contributed by atoms with Gasteiger partial charge in [-0.05, 0) is 37.1 Å². The quantitative estimate of drug-likeness (QED) is 0.784. The molecular formula is C20H27N5O4S. The van der Waals surface area contributed by atoms with E-state index in [4.69, 9.17) is 0 Å². The van der Waals surface area contributed by atoms with E-state index in [1.807, 2.05) is 0 Å². The number of aromatic nitrogens is 2. The highest BCUT2D eigenvalue weighted by Crippen LogP contribution is 2.34. The Morgan fingerprint density at radius 3 is 2.47 bits per heavy atom. The summed E-state index contributed by atoms with van der Waals surface area (Å²) in [7, 11) is 1.17. The maximum atomic E-state index is 13.5. The average Bonchev–Trinajstić information content (AvgIpc) is 3.02. The molecule has 2 aromatic rings. The van der Waals surface area contributed by atoms with Crippen LogP contribution in [-0.2, 0) is 33.2 Å². The predicted molar refractivity (Wildman–Crippen MR) is 112 cm³/mol. The van der Waals surface area contributed by atoms with Gasteiger partial charge in [-0.15, -0.1) is 0 Å². The van der Waals surface area contributed by atoms with Gasteiger partial charge in [0.1, 0.15) is 0 Å². The van der Waals surface area contributed by atoms with E-state index in [0.717, 1.165) is 5.56 Å².